The number of sulfonamides is 1. The first-order valence-electron chi connectivity index (χ1n) is 9.38. The Morgan fingerprint density at radius 3 is 2.58 bits per heavy atom. The van der Waals surface area contributed by atoms with Crippen LogP contribution in [-0.4, -0.2) is 62.4 Å². The van der Waals surface area contributed by atoms with E-state index in [0.29, 0.717) is 0 Å². The minimum Gasteiger partial charge on any atom is -0.452 e. The van der Waals surface area contributed by atoms with Crippen LogP contribution in [0.5, 0.6) is 0 Å². The number of nitro benzene ring substituents is 1. The Kier molecular flexibility index (Phi) is 7.58. The van der Waals surface area contributed by atoms with Crippen molar-refractivity contribution in [2.24, 2.45) is 0 Å². The number of carbonyl (C=O) groups excluding carboxylic acids is 2. The lowest BCUT2D eigenvalue weighted by Gasteiger charge is -2.26. The highest BCUT2D eigenvalue weighted by molar-refractivity contribution is 7.89. The molecule has 11 nitrogen and oxygen atoms in total. The van der Waals surface area contributed by atoms with Crippen molar-refractivity contribution >= 4 is 44.9 Å². The zero-order valence-electron chi connectivity index (χ0n) is 16.8. The number of esters is 1. The van der Waals surface area contributed by atoms with Gasteiger partial charge in [0.1, 0.15) is 4.90 Å². The maximum Gasteiger partial charge on any atom is 0.338 e. The summed E-state index contributed by atoms with van der Waals surface area (Å²) in [6, 6.07) is 6.25. The summed E-state index contributed by atoms with van der Waals surface area (Å²) in [6.07, 6.45) is 0. The molecule has 0 radical (unpaired) electrons. The maximum atomic E-state index is 13.4. The summed E-state index contributed by atoms with van der Waals surface area (Å²) < 4.78 is 50.3. The first kappa shape index (κ1) is 24.5. The number of benzene rings is 2. The summed E-state index contributed by atoms with van der Waals surface area (Å²) in [5.41, 5.74) is -1.06. The van der Waals surface area contributed by atoms with Gasteiger partial charge >= 0.3 is 11.7 Å². The molecule has 0 bridgehead atoms. The second-order valence-corrected chi connectivity index (χ2v) is 9.02. The van der Waals surface area contributed by atoms with Gasteiger partial charge in [0.05, 0.1) is 28.7 Å². The average molecular weight is 502 g/mol. The van der Waals surface area contributed by atoms with Gasteiger partial charge in [-0.05, 0) is 30.3 Å². The van der Waals surface area contributed by atoms with Gasteiger partial charge in [-0.15, -0.1) is 0 Å². The van der Waals surface area contributed by atoms with Crippen LogP contribution in [0.3, 0.4) is 0 Å². The Labute approximate surface area is 192 Å². The molecule has 0 atom stereocenters. The molecule has 0 spiro atoms. The lowest BCUT2D eigenvalue weighted by Crippen LogP contribution is -2.40. The molecule has 1 amide bonds. The van der Waals surface area contributed by atoms with Crippen molar-refractivity contribution in [3.8, 4) is 0 Å². The second kappa shape index (κ2) is 10.2. The number of ether oxygens (including phenoxy) is 2. The minimum atomic E-state index is -3.99. The highest BCUT2D eigenvalue weighted by Crippen LogP contribution is 2.27. The van der Waals surface area contributed by atoms with Crippen molar-refractivity contribution in [3.05, 3.63) is 62.9 Å². The highest BCUT2D eigenvalue weighted by Gasteiger charge is 2.29. The van der Waals surface area contributed by atoms with Crippen molar-refractivity contribution in [3.63, 3.8) is 0 Å². The molecule has 0 saturated carbocycles. The van der Waals surface area contributed by atoms with E-state index in [4.69, 9.17) is 21.1 Å². The van der Waals surface area contributed by atoms with E-state index in [0.717, 1.165) is 24.3 Å². The van der Waals surface area contributed by atoms with E-state index < -0.39 is 44.9 Å². The monoisotopic (exact) mass is 501 g/mol. The van der Waals surface area contributed by atoms with Crippen molar-refractivity contribution < 1.29 is 36.8 Å². The summed E-state index contributed by atoms with van der Waals surface area (Å²) in [7, 11) is -3.99. The van der Waals surface area contributed by atoms with Gasteiger partial charge in [-0.1, -0.05) is 11.6 Å². The number of anilines is 1. The van der Waals surface area contributed by atoms with Crippen molar-refractivity contribution in [1.82, 2.24) is 4.31 Å². The van der Waals surface area contributed by atoms with E-state index in [2.05, 4.69) is 5.32 Å². The summed E-state index contributed by atoms with van der Waals surface area (Å²) in [5.74, 6) is -2.92. The van der Waals surface area contributed by atoms with Crippen LogP contribution in [0.4, 0.5) is 15.8 Å². The van der Waals surface area contributed by atoms with Crippen LogP contribution in [0.25, 0.3) is 0 Å². The third-order valence-corrected chi connectivity index (χ3v) is 6.90. The van der Waals surface area contributed by atoms with Gasteiger partial charge in [-0.25, -0.2) is 13.2 Å². The number of rotatable bonds is 7. The fourth-order valence-corrected chi connectivity index (χ4v) is 4.80. The number of hydrogen-bond donors (Lipinski definition) is 1. The minimum absolute atomic E-state index is 0.0745. The quantitative estimate of drug-likeness (QED) is 0.345. The number of hydrogen-bond acceptors (Lipinski definition) is 8. The predicted molar refractivity (Wildman–Crippen MR) is 113 cm³/mol. The van der Waals surface area contributed by atoms with Crippen LogP contribution in [-0.2, 0) is 24.3 Å². The first-order valence-corrected chi connectivity index (χ1v) is 11.2. The maximum absolute atomic E-state index is 13.4. The van der Waals surface area contributed by atoms with E-state index in [9.17, 15) is 32.5 Å². The molecule has 1 aliphatic rings. The Balaban J connectivity index is 1.67. The molecule has 1 saturated heterocycles. The normalized spacial score (nSPS) is 14.5. The van der Waals surface area contributed by atoms with Crippen LogP contribution in [0.2, 0.25) is 5.02 Å². The van der Waals surface area contributed by atoms with E-state index in [1.807, 2.05) is 0 Å². The number of amides is 1. The Bertz CT molecular complexity index is 1200. The van der Waals surface area contributed by atoms with Crippen LogP contribution in [0, 0.1) is 15.9 Å². The molecular weight excluding hydrogens is 485 g/mol. The Morgan fingerprint density at radius 1 is 1.21 bits per heavy atom. The fraction of sp³-hybridized carbons (Fsp3) is 0.263. The van der Waals surface area contributed by atoms with Crippen LogP contribution in [0.15, 0.2) is 41.3 Å². The zero-order valence-corrected chi connectivity index (χ0v) is 18.4. The number of halogens is 2. The lowest BCUT2D eigenvalue weighted by molar-refractivity contribution is -0.387. The van der Waals surface area contributed by atoms with Gasteiger partial charge in [0, 0.05) is 24.8 Å². The third-order valence-electron chi connectivity index (χ3n) is 4.52. The topological polar surface area (TPSA) is 145 Å². The number of nitrogens with zero attached hydrogens (tertiary/aromatic N) is 2. The molecule has 2 aromatic rings. The molecule has 3 rings (SSSR count). The van der Waals surface area contributed by atoms with Gasteiger partial charge in [-0.3, -0.25) is 14.9 Å². The number of nitrogens with one attached hydrogen (secondary N) is 1. The molecule has 1 heterocycles. The van der Waals surface area contributed by atoms with Crippen molar-refractivity contribution in [2.45, 2.75) is 4.90 Å². The molecule has 33 heavy (non-hydrogen) atoms. The molecule has 1 fully saturated rings. The van der Waals surface area contributed by atoms with E-state index in [1.54, 1.807) is 0 Å². The molecule has 1 aliphatic heterocycles. The number of carbonyl (C=O) groups is 2. The largest absolute Gasteiger partial charge is 0.452 e. The standard InChI is InChI=1S/C19H17ClFN3O8S/c20-14-3-1-12(9-17(14)33(29,30)23-5-7-31-8-6-23)19(26)32-11-18(25)22-13-2-4-15(21)16(10-13)24(27)28/h1-4,9-10H,5-8,11H2,(H,22,25). The smallest absolute Gasteiger partial charge is 0.338 e. The van der Waals surface area contributed by atoms with E-state index in [1.165, 1.54) is 16.4 Å². The zero-order chi connectivity index (χ0) is 24.2. The Morgan fingerprint density at radius 2 is 1.91 bits per heavy atom. The molecule has 1 N–H and O–H groups in total. The fourth-order valence-electron chi connectivity index (χ4n) is 2.90. The van der Waals surface area contributed by atoms with Crippen molar-refractivity contribution in [1.29, 1.82) is 0 Å². The molecule has 0 aromatic heterocycles. The number of nitro groups is 1. The predicted octanol–water partition coefficient (Wildman–Crippen LogP) is 2.20. The molecule has 14 heteroatoms. The van der Waals surface area contributed by atoms with Crippen molar-refractivity contribution in [2.75, 3.05) is 38.2 Å². The van der Waals surface area contributed by atoms with E-state index >= 15 is 0 Å². The number of morpholine rings is 1. The molecule has 0 aliphatic carbocycles. The average Bonchev–Trinajstić information content (AvgIpc) is 2.79. The Hall–Kier alpha value is -3.13. The SMILES string of the molecule is O=C(COC(=O)c1ccc(Cl)c(S(=O)(=O)N2CCOCC2)c1)Nc1ccc(F)c([N+](=O)[O-])c1. The van der Waals surface area contributed by atoms with Crippen LogP contribution < -0.4 is 5.32 Å². The molecule has 176 valence electrons. The van der Waals surface area contributed by atoms with Crippen LogP contribution >= 0.6 is 11.6 Å². The summed E-state index contributed by atoms with van der Waals surface area (Å²) in [5, 5.41) is 12.9. The van der Waals surface area contributed by atoms with Gasteiger partial charge in [0.25, 0.3) is 5.91 Å². The molecular formula is C19H17ClFN3O8S. The van der Waals surface area contributed by atoms with Gasteiger partial charge in [0.2, 0.25) is 15.8 Å². The first-order chi connectivity index (χ1) is 15.6. The summed E-state index contributed by atoms with van der Waals surface area (Å²) in [6.45, 7) is -0.0574. The third kappa shape index (κ3) is 5.82. The molecule has 2 aromatic carbocycles. The van der Waals surface area contributed by atoms with E-state index in [-0.39, 0.29) is 47.5 Å². The lowest BCUT2D eigenvalue weighted by atomic mass is 10.2. The summed E-state index contributed by atoms with van der Waals surface area (Å²) >= 11 is 6.04. The highest BCUT2D eigenvalue weighted by atomic mass is 35.5. The second-order valence-electron chi connectivity index (χ2n) is 6.71. The van der Waals surface area contributed by atoms with Gasteiger partial charge in [0.15, 0.2) is 6.61 Å². The van der Waals surface area contributed by atoms with Gasteiger partial charge in [-0.2, -0.15) is 8.70 Å². The molecule has 0 unspecified atom stereocenters. The summed E-state index contributed by atoms with van der Waals surface area (Å²) in [4.78, 5) is 33.9. The van der Waals surface area contributed by atoms with Gasteiger partial charge < -0.3 is 14.8 Å². The van der Waals surface area contributed by atoms with Crippen LogP contribution in [0.1, 0.15) is 10.4 Å².